The first-order valence-electron chi connectivity index (χ1n) is 9.04. The van der Waals surface area contributed by atoms with Crippen molar-refractivity contribution in [2.24, 2.45) is 0 Å². The summed E-state index contributed by atoms with van der Waals surface area (Å²) in [6.07, 6.45) is 1.48. The van der Waals surface area contributed by atoms with Crippen molar-refractivity contribution >= 4 is 40.4 Å². The Morgan fingerprint density at radius 3 is 2.53 bits per heavy atom. The van der Waals surface area contributed by atoms with Gasteiger partial charge in [-0.2, -0.15) is 0 Å². The molecule has 2 amide bonds. The largest absolute Gasteiger partial charge is 0.456 e. The number of furan rings is 1. The third-order valence-electron chi connectivity index (χ3n) is 4.81. The van der Waals surface area contributed by atoms with Crippen LogP contribution in [0.5, 0.6) is 0 Å². The maximum Gasteiger partial charge on any atom is 0.298 e. The number of nitrogens with zero attached hydrogens (tertiary/aromatic N) is 2. The fraction of sp³-hybridized carbons (Fsp3) is 0.0909. The molecule has 4 rings (SSSR count). The van der Waals surface area contributed by atoms with E-state index in [1.54, 1.807) is 42.5 Å². The molecule has 2 aromatic carbocycles. The highest BCUT2D eigenvalue weighted by Gasteiger charge is 2.36. The molecular weight excluding hydrogens is 404 g/mol. The van der Waals surface area contributed by atoms with Gasteiger partial charge in [-0.05, 0) is 67.1 Å². The smallest absolute Gasteiger partial charge is 0.298 e. The zero-order chi connectivity index (χ0) is 21.4. The zero-order valence-electron chi connectivity index (χ0n) is 16.1. The molecule has 0 N–H and O–H groups in total. The molecule has 1 aromatic heterocycles. The Balaban J connectivity index is 1.64. The Bertz CT molecular complexity index is 1230. The predicted octanol–water partition coefficient (Wildman–Crippen LogP) is 5.71. The monoisotopic (exact) mass is 420 g/mol. The molecule has 0 bridgehead atoms. The number of carbonyl (C=O) groups excluding carboxylic acids is 2. The van der Waals surface area contributed by atoms with Crippen molar-refractivity contribution < 1.29 is 18.9 Å². The average Bonchev–Trinajstić information content (AvgIpc) is 3.29. The summed E-state index contributed by atoms with van der Waals surface area (Å²) in [4.78, 5) is 37.4. The van der Waals surface area contributed by atoms with Gasteiger partial charge in [0.15, 0.2) is 0 Å². The number of aryl methyl sites for hydroxylation is 2. The molecule has 1 aliphatic rings. The fourth-order valence-corrected chi connectivity index (χ4v) is 3.92. The number of nitro benzene ring substituents is 1. The van der Waals surface area contributed by atoms with Crippen LogP contribution in [0, 0.1) is 24.0 Å². The molecule has 8 heteroatoms. The molecule has 0 saturated carbocycles. The lowest BCUT2D eigenvalue weighted by Gasteiger charge is -2.13. The Kier molecular flexibility index (Phi) is 5.01. The Hall–Kier alpha value is -3.65. The predicted molar refractivity (Wildman–Crippen MR) is 115 cm³/mol. The van der Waals surface area contributed by atoms with Gasteiger partial charge in [0.25, 0.3) is 16.8 Å². The second-order valence-electron chi connectivity index (χ2n) is 6.76. The van der Waals surface area contributed by atoms with Gasteiger partial charge in [-0.1, -0.05) is 18.2 Å². The summed E-state index contributed by atoms with van der Waals surface area (Å²) in [7, 11) is 0. The maximum atomic E-state index is 12.8. The number of hydrogen-bond donors (Lipinski definition) is 0. The van der Waals surface area contributed by atoms with Gasteiger partial charge in [0.1, 0.15) is 11.5 Å². The third kappa shape index (κ3) is 3.53. The van der Waals surface area contributed by atoms with Crippen LogP contribution in [-0.4, -0.2) is 16.1 Å². The van der Waals surface area contributed by atoms with Crippen molar-refractivity contribution in [3.05, 3.63) is 86.5 Å². The molecule has 3 aromatic rings. The molecule has 1 aliphatic heterocycles. The molecule has 0 unspecified atom stereocenters. The molecular formula is C22H16N2O5S. The van der Waals surface area contributed by atoms with E-state index in [4.69, 9.17) is 4.42 Å². The van der Waals surface area contributed by atoms with Crippen molar-refractivity contribution in [3.63, 3.8) is 0 Å². The molecule has 7 nitrogen and oxygen atoms in total. The highest BCUT2D eigenvalue weighted by molar-refractivity contribution is 8.19. The van der Waals surface area contributed by atoms with E-state index in [1.807, 2.05) is 19.9 Å². The average molecular weight is 420 g/mol. The van der Waals surface area contributed by atoms with Gasteiger partial charge >= 0.3 is 0 Å². The minimum atomic E-state index is -0.480. The molecule has 0 spiro atoms. The fourth-order valence-electron chi connectivity index (χ4n) is 3.10. The lowest BCUT2D eigenvalue weighted by molar-refractivity contribution is -0.384. The zero-order valence-corrected chi connectivity index (χ0v) is 16.9. The van der Waals surface area contributed by atoms with Crippen LogP contribution in [0.1, 0.15) is 16.9 Å². The normalized spacial score (nSPS) is 15.3. The van der Waals surface area contributed by atoms with Crippen LogP contribution in [0.2, 0.25) is 0 Å². The van der Waals surface area contributed by atoms with Crippen molar-refractivity contribution in [2.45, 2.75) is 13.8 Å². The summed E-state index contributed by atoms with van der Waals surface area (Å²) in [6, 6.07) is 14.9. The Morgan fingerprint density at radius 1 is 1.03 bits per heavy atom. The van der Waals surface area contributed by atoms with Gasteiger partial charge < -0.3 is 4.42 Å². The number of para-hydroxylation sites is 1. The molecule has 0 radical (unpaired) electrons. The lowest BCUT2D eigenvalue weighted by Crippen LogP contribution is -2.27. The molecule has 0 aliphatic carbocycles. The number of thioether (sulfide) groups is 1. The van der Waals surface area contributed by atoms with Crippen molar-refractivity contribution in [1.82, 2.24) is 0 Å². The molecule has 1 saturated heterocycles. The van der Waals surface area contributed by atoms with E-state index >= 15 is 0 Å². The summed E-state index contributed by atoms with van der Waals surface area (Å²) < 4.78 is 5.71. The summed E-state index contributed by atoms with van der Waals surface area (Å²) in [6.45, 7) is 3.87. The van der Waals surface area contributed by atoms with Crippen LogP contribution in [0.4, 0.5) is 16.2 Å². The second kappa shape index (κ2) is 7.64. The van der Waals surface area contributed by atoms with E-state index in [0.29, 0.717) is 22.8 Å². The summed E-state index contributed by atoms with van der Waals surface area (Å²) in [5, 5.41) is 10.8. The van der Waals surface area contributed by atoms with Crippen molar-refractivity contribution in [3.8, 4) is 11.3 Å². The van der Waals surface area contributed by atoms with Crippen molar-refractivity contribution in [2.75, 3.05) is 4.90 Å². The second-order valence-corrected chi connectivity index (χ2v) is 7.76. The van der Waals surface area contributed by atoms with E-state index in [9.17, 15) is 19.7 Å². The first kappa shape index (κ1) is 19.7. The molecule has 150 valence electrons. The number of benzene rings is 2. The lowest BCUT2D eigenvalue weighted by atomic mass is 10.1. The molecule has 2 heterocycles. The summed E-state index contributed by atoms with van der Waals surface area (Å²) in [5.41, 5.74) is 2.83. The SMILES string of the molecule is Cc1ccc(N2C(=O)S/C(=C\c3ccc(-c4ccccc4[N+](=O)[O-])o3)C2=O)cc1C. The maximum absolute atomic E-state index is 12.8. The summed E-state index contributed by atoms with van der Waals surface area (Å²) in [5.74, 6) is 0.201. The number of imide groups is 1. The quantitative estimate of drug-likeness (QED) is 0.305. The van der Waals surface area contributed by atoms with E-state index in [0.717, 1.165) is 27.8 Å². The van der Waals surface area contributed by atoms with Gasteiger partial charge in [-0.15, -0.1) is 0 Å². The van der Waals surface area contributed by atoms with Gasteiger partial charge in [0.05, 0.1) is 21.1 Å². The van der Waals surface area contributed by atoms with Gasteiger partial charge in [0, 0.05) is 12.1 Å². The number of hydrogen-bond acceptors (Lipinski definition) is 6. The summed E-state index contributed by atoms with van der Waals surface area (Å²) >= 11 is 0.825. The molecule has 30 heavy (non-hydrogen) atoms. The molecule has 0 atom stereocenters. The first-order chi connectivity index (χ1) is 14.3. The minimum absolute atomic E-state index is 0.0755. The standard InChI is InChI=1S/C22H16N2O5S/c1-13-7-8-15(11-14(13)2)23-21(25)20(30-22(23)26)12-16-9-10-19(29-16)17-5-3-4-6-18(17)24(27)28/h3-12H,1-2H3/b20-12-. The number of amides is 2. The first-order valence-corrected chi connectivity index (χ1v) is 9.85. The van der Waals surface area contributed by atoms with E-state index in [-0.39, 0.29) is 15.8 Å². The van der Waals surface area contributed by atoms with E-state index in [1.165, 1.54) is 12.1 Å². The van der Waals surface area contributed by atoms with Crippen molar-refractivity contribution in [1.29, 1.82) is 0 Å². The van der Waals surface area contributed by atoms with Crippen LogP contribution < -0.4 is 4.90 Å². The Morgan fingerprint density at radius 2 is 1.80 bits per heavy atom. The van der Waals surface area contributed by atoms with Gasteiger partial charge in [-0.25, -0.2) is 4.90 Å². The van der Waals surface area contributed by atoms with Gasteiger partial charge in [-0.3, -0.25) is 19.7 Å². The Labute approximate surface area is 176 Å². The number of nitro groups is 1. The molecule has 1 fully saturated rings. The van der Waals surface area contributed by atoms with Crippen LogP contribution >= 0.6 is 11.8 Å². The number of carbonyl (C=O) groups is 2. The number of anilines is 1. The minimum Gasteiger partial charge on any atom is -0.456 e. The third-order valence-corrected chi connectivity index (χ3v) is 5.68. The number of rotatable bonds is 4. The van der Waals surface area contributed by atoms with Crippen LogP contribution in [-0.2, 0) is 4.79 Å². The van der Waals surface area contributed by atoms with Crippen LogP contribution in [0.15, 0.2) is 63.9 Å². The topological polar surface area (TPSA) is 93.7 Å². The highest BCUT2D eigenvalue weighted by Crippen LogP contribution is 2.37. The highest BCUT2D eigenvalue weighted by atomic mass is 32.2. The van der Waals surface area contributed by atoms with E-state index in [2.05, 4.69) is 0 Å². The van der Waals surface area contributed by atoms with Crippen LogP contribution in [0.3, 0.4) is 0 Å². The van der Waals surface area contributed by atoms with E-state index < -0.39 is 10.8 Å². The van der Waals surface area contributed by atoms with Gasteiger partial charge in [0.2, 0.25) is 0 Å². The van der Waals surface area contributed by atoms with Crippen LogP contribution in [0.25, 0.3) is 17.4 Å².